The number of nitrogens with zero attached hydrogens (tertiary/aromatic N) is 3. The van der Waals surface area contributed by atoms with Gasteiger partial charge in [-0.05, 0) is 76.0 Å². The molecule has 0 saturated carbocycles. The number of hydrogen-bond donors (Lipinski definition) is 1. The third-order valence-electron chi connectivity index (χ3n) is 5.29. The molecule has 3 aromatic heterocycles. The van der Waals surface area contributed by atoms with Crippen LogP contribution < -0.4 is 5.32 Å². The third kappa shape index (κ3) is 3.98. The molecule has 0 aliphatic carbocycles. The van der Waals surface area contributed by atoms with E-state index in [1.165, 1.54) is 24.1 Å². The molecule has 1 fully saturated rings. The Hall–Kier alpha value is -2.02. The maximum Gasteiger partial charge on any atom is 0.125 e. The van der Waals surface area contributed by atoms with Crippen molar-refractivity contribution in [3.8, 4) is 0 Å². The van der Waals surface area contributed by atoms with Crippen LogP contribution in [0.4, 0.5) is 11.4 Å². The Balaban J connectivity index is 0.000000190. The molecule has 4 nitrogen and oxygen atoms in total. The normalized spacial score (nSPS) is 16.4. The van der Waals surface area contributed by atoms with Crippen LogP contribution in [-0.2, 0) is 0 Å². The minimum Gasteiger partial charge on any atom is -0.355 e. The summed E-state index contributed by atoms with van der Waals surface area (Å²) in [5, 5.41) is 6.67. The van der Waals surface area contributed by atoms with Crippen molar-refractivity contribution in [2.45, 2.75) is 32.2 Å². The second kappa shape index (κ2) is 7.54. The van der Waals surface area contributed by atoms with Crippen LogP contribution in [0.15, 0.2) is 47.4 Å². The van der Waals surface area contributed by atoms with Gasteiger partial charge in [0.2, 0.25) is 0 Å². The lowest BCUT2D eigenvalue weighted by atomic mass is 10.0. The minimum atomic E-state index is 0.486. The van der Waals surface area contributed by atoms with E-state index in [0.29, 0.717) is 5.54 Å². The first-order chi connectivity index (χ1) is 13.0. The van der Waals surface area contributed by atoms with Crippen LogP contribution in [0.3, 0.4) is 0 Å². The van der Waals surface area contributed by atoms with Crippen LogP contribution in [0.1, 0.15) is 26.7 Å². The molecule has 140 valence electrons. The van der Waals surface area contributed by atoms with Crippen molar-refractivity contribution in [1.82, 2.24) is 14.9 Å². The average molecular weight is 397 g/mol. The largest absolute Gasteiger partial charge is 0.355 e. The Bertz CT molecular complexity index is 1050. The molecule has 0 atom stereocenters. The van der Waals surface area contributed by atoms with Crippen molar-refractivity contribution in [2.24, 2.45) is 0 Å². The fourth-order valence-electron chi connectivity index (χ4n) is 3.32. The van der Waals surface area contributed by atoms with E-state index >= 15 is 0 Å². The number of thiazole rings is 1. The maximum atomic E-state index is 4.35. The Morgan fingerprint density at radius 1 is 1.11 bits per heavy atom. The Morgan fingerprint density at radius 3 is 2.74 bits per heavy atom. The number of fused-ring (bicyclic) bond motifs is 2. The monoisotopic (exact) mass is 396 g/mol. The van der Waals surface area contributed by atoms with Gasteiger partial charge in [-0.15, -0.1) is 22.7 Å². The molecule has 1 aromatic carbocycles. The highest BCUT2D eigenvalue weighted by molar-refractivity contribution is 7.17. The van der Waals surface area contributed by atoms with E-state index < -0.39 is 0 Å². The number of rotatable bonds is 2. The van der Waals surface area contributed by atoms with Gasteiger partial charge in [-0.25, -0.2) is 9.97 Å². The second-order valence-electron chi connectivity index (χ2n) is 7.50. The van der Waals surface area contributed by atoms with Gasteiger partial charge < -0.3 is 10.2 Å². The average Bonchev–Trinajstić information content (AvgIpc) is 3.36. The predicted octanol–water partition coefficient (Wildman–Crippen LogP) is 6.14. The molecular formula is C21H24N4S2. The van der Waals surface area contributed by atoms with Gasteiger partial charge in [-0.2, -0.15) is 0 Å². The summed E-state index contributed by atoms with van der Waals surface area (Å²) in [6, 6.07) is 10.3. The number of benzene rings is 1. The van der Waals surface area contributed by atoms with Crippen molar-refractivity contribution in [1.29, 1.82) is 0 Å². The smallest absolute Gasteiger partial charge is 0.125 e. The number of anilines is 2. The lowest BCUT2D eigenvalue weighted by Crippen LogP contribution is -2.34. The van der Waals surface area contributed by atoms with E-state index in [0.717, 1.165) is 27.1 Å². The number of nitrogens with one attached hydrogen (secondary N) is 1. The standard InChI is InChI=1S/C14H9N3S2.C7H15N/c1-2-13-12(16-8-19-13)7-9(1)17-11-3-5-15-14-10(11)4-6-18-14;1-7(2)5-4-6-8(7)3/h1-8H,(H,15,17);4-6H2,1-3H3. The molecule has 0 spiro atoms. The van der Waals surface area contributed by atoms with Crippen molar-refractivity contribution in [3.05, 3.63) is 47.4 Å². The Labute approximate surface area is 167 Å². The summed E-state index contributed by atoms with van der Waals surface area (Å²) in [5.41, 5.74) is 5.53. The first-order valence-corrected chi connectivity index (χ1v) is 10.9. The summed E-state index contributed by atoms with van der Waals surface area (Å²) < 4.78 is 1.21. The molecule has 0 bridgehead atoms. The predicted molar refractivity (Wildman–Crippen MR) is 118 cm³/mol. The summed E-state index contributed by atoms with van der Waals surface area (Å²) in [4.78, 5) is 12.2. The zero-order chi connectivity index (χ0) is 18.9. The van der Waals surface area contributed by atoms with Crippen LogP contribution in [0.5, 0.6) is 0 Å². The van der Waals surface area contributed by atoms with Crippen LogP contribution in [0.2, 0.25) is 0 Å². The first-order valence-electron chi connectivity index (χ1n) is 9.17. The van der Waals surface area contributed by atoms with Gasteiger partial charge in [0.15, 0.2) is 0 Å². The zero-order valence-electron chi connectivity index (χ0n) is 15.9. The molecule has 1 aliphatic heterocycles. The second-order valence-corrected chi connectivity index (χ2v) is 9.28. The van der Waals surface area contributed by atoms with Gasteiger partial charge in [0.1, 0.15) is 4.83 Å². The summed E-state index contributed by atoms with van der Waals surface area (Å²) in [6.07, 6.45) is 4.58. The topological polar surface area (TPSA) is 41.0 Å². The number of pyridine rings is 1. The lowest BCUT2D eigenvalue weighted by Gasteiger charge is -2.26. The molecule has 0 unspecified atom stereocenters. The molecule has 1 N–H and O–H groups in total. The fourth-order valence-corrected chi connectivity index (χ4v) is 4.74. The number of thiophene rings is 1. The summed E-state index contributed by atoms with van der Waals surface area (Å²) in [7, 11) is 2.20. The summed E-state index contributed by atoms with van der Waals surface area (Å²) in [5.74, 6) is 0. The number of hydrogen-bond acceptors (Lipinski definition) is 6. The van der Waals surface area contributed by atoms with Crippen molar-refractivity contribution < 1.29 is 0 Å². The molecule has 0 radical (unpaired) electrons. The molecule has 27 heavy (non-hydrogen) atoms. The molecule has 1 aliphatic rings. The van der Waals surface area contributed by atoms with Crippen LogP contribution in [0, 0.1) is 0 Å². The number of likely N-dealkylation sites (tertiary alicyclic amines) is 1. The molecule has 6 heteroatoms. The lowest BCUT2D eigenvalue weighted by molar-refractivity contribution is 0.218. The quantitative estimate of drug-likeness (QED) is 0.442. The third-order valence-corrected chi connectivity index (χ3v) is 6.92. The first kappa shape index (κ1) is 18.3. The SMILES string of the molecule is CN1CCCC1(C)C.c1cc(Nc2ccc3scnc3c2)c2ccsc2n1. The molecular weight excluding hydrogens is 372 g/mol. The van der Waals surface area contributed by atoms with Crippen LogP contribution in [0.25, 0.3) is 20.4 Å². The van der Waals surface area contributed by atoms with Gasteiger partial charge >= 0.3 is 0 Å². The summed E-state index contributed by atoms with van der Waals surface area (Å²) in [6.45, 7) is 5.90. The van der Waals surface area contributed by atoms with Crippen LogP contribution in [-0.4, -0.2) is 34.0 Å². The Morgan fingerprint density at radius 2 is 2.00 bits per heavy atom. The zero-order valence-corrected chi connectivity index (χ0v) is 17.5. The van der Waals surface area contributed by atoms with Gasteiger partial charge in [0.05, 0.1) is 21.4 Å². The van der Waals surface area contributed by atoms with Crippen LogP contribution >= 0.6 is 22.7 Å². The van der Waals surface area contributed by atoms with Gasteiger partial charge in [-0.1, -0.05) is 0 Å². The molecule has 0 amide bonds. The van der Waals surface area contributed by atoms with Gasteiger partial charge in [0.25, 0.3) is 0 Å². The molecule has 4 aromatic rings. The van der Waals surface area contributed by atoms with E-state index in [1.54, 1.807) is 22.7 Å². The van der Waals surface area contributed by atoms with Gasteiger partial charge in [-0.3, -0.25) is 0 Å². The van der Waals surface area contributed by atoms with E-state index in [9.17, 15) is 0 Å². The molecule has 1 saturated heterocycles. The maximum absolute atomic E-state index is 4.35. The van der Waals surface area contributed by atoms with E-state index in [2.05, 4.69) is 70.7 Å². The summed E-state index contributed by atoms with van der Waals surface area (Å²) >= 11 is 3.31. The highest BCUT2D eigenvalue weighted by Gasteiger charge is 2.27. The van der Waals surface area contributed by atoms with Crippen molar-refractivity contribution >= 4 is 54.5 Å². The molecule has 5 rings (SSSR count). The van der Waals surface area contributed by atoms with E-state index in [1.807, 2.05) is 17.8 Å². The van der Waals surface area contributed by atoms with E-state index in [-0.39, 0.29) is 0 Å². The Kier molecular flexibility index (Phi) is 5.12. The fraction of sp³-hybridized carbons (Fsp3) is 0.333. The van der Waals surface area contributed by atoms with Gasteiger partial charge in [0, 0.05) is 22.8 Å². The highest BCUT2D eigenvalue weighted by atomic mass is 32.1. The molecule has 4 heterocycles. The highest BCUT2D eigenvalue weighted by Crippen LogP contribution is 2.30. The van der Waals surface area contributed by atoms with E-state index in [4.69, 9.17) is 0 Å². The number of aromatic nitrogens is 2. The minimum absolute atomic E-state index is 0.486. The van der Waals surface area contributed by atoms with Crippen molar-refractivity contribution in [2.75, 3.05) is 18.9 Å². The van der Waals surface area contributed by atoms with Crippen molar-refractivity contribution in [3.63, 3.8) is 0 Å².